The van der Waals surface area contributed by atoms with Gasteiger partial charge in [-0.2, -0.15) is 0 Å². The summed E-state index contributed by atoms with van der Waals surface area (Å²) in [5, 5.41) is 6.19. The van der Waals surface area contributed by atoms with Gasteiger partial charge in [-0.15, -0.1) is 0 Å². The Morgan fingerprint density at radius 2 is 1.62 bits per heavy atom. The minimum Gasteiger partial charge on any atom is -0.497 e. The molecule has 1 aliphatic carbocycles. The first kappa shape index (κ1) is 17.9. The largest absolute Gasteiger partial charge is 0.497 e. The normalized spacial score (nSPS) is 14.5. The van der Waals surface area contributed by atoms with Gasteiger partial charge in [0.1, 0.15) is 11.5 Å². The Labute approximate surface area is 186 Å². The van der Waals surface area contributed by atoms with E-state index in [1.54, 1.807) is 14.2 Å². The first-order chi connectivity index (χ1) is 15.5. The number of ether oxygens (including phenoxy) is 2. The van der Waals surface area contributed by atoms with Crippen molar-refractivity contribution >= 4 is 38.0 Å². The molecular formula is C29H23NO2. The van der Waals surface area contributed by atoms with Crippen molar-refractivity contribution in [1.29, 1.82) is 0 Å². The zero-order valence-electron chi connectivity index (χ0n) is 18.6. The summed E-state index contributed by atoms with van der Waals surface area (Å²) < 4.78 is 13.9. The molecule has 7 rings (SSSR count). The molecule has 3 heteroatoms. The predicted octanol–water partition coefficient (Wildman–Crippen LogP) is 7.16. The average Bonchev–Trinajstić information content (AvgIpc) is 3.41. The van der Waals surface area contributed by atoms with Gasteiger partial charge < -0.3 is 13.9 Å². The lowest BCUT2D eigenvalue weighted by Gasteiger charge is -2.22. The third kappa shape index (κ3) is 1.93. The van der Waals surface area contributed by atoms with Crippen LogP contribution < -0.4 is 9.47 Å². The van der Waals surface area contributed by atoms with Gasteiger partial charge in [0, 0.05) is 27.1 Å². The summed E-state index contributed by atoms with van der Waals surface area (Å²) in [5.41, 5.74) is 7.74. The smallest absolute Gasteiger partial charge is 0.128 e. The lowest BCUT2D eigenvalue weighted by molar-refractivity contribution is 0.415. The zero-order chi connectivity index (χ0) is 21.8. The van der Waals surface area contributed by atoms with Crippen LogP contribution in [0.15, 0.2) is 66.7 Å². The molecule has 0 aliphatic heterocycles. The van der Waals surface area contributed by atoms with E-state index < -0.39 is 0 Å². The second-order valence-electron chi connectivity index (χ2n) is 9.35. The summed E-state index contributed by atoms with van der Waals surface area (Å²) in [6, 6.07) is 24.1. The molecule has 0 fully saturated rings. The van der Waals surface area contributed by atoms with Gasteiger partial charge in [-0.1, -0.05) is 44.2 Å². The van der Waals surface area contributed by atoms with Crippen LogP contribution in [-0.4, -0.2) is 18.6 Å². The molecule has 0 bridgehead atoms. The van der Waals surface area contributed by atoms with Crippen molar-refractivity contribution in [3.8, 4) is 22.8 Å². The minimum absolute atomic E-state index is 0.0983. The van der Waals surface area contributed by atoms with Crippen LogP contribution in [0.2, 0.25) is 0 Å². The van der Waals surface area contributed by atoms with Crippen LogP contribution in [0.1, 0.15) is 25.0 Å². The Kier molecular flexibility index (Phi) is 3.21. The van der Waals surface area contributed by atoms with Gasteiger partial charge in [0.25, 0.3) is 0 Å². The van der Waals surface area contributed by atoms with Gasteiger partial charge in [0.05, 0.1) is 30.9 Å². The molecule has 2 heterocycles. The zero-order valence-corrected chi connectivity index (χ0v) is 18.6. The molecule has 4 aromatic carbocycles. The molecule has 0 unspecified atom stereocenters. The number of hydrogen-bond acceptors (Lipinski definition) is 2. The second-order valence-corrected chi connectivity index (χ2v) is 9.35. The van der Waals surface area contributed by atoms with Crippen molar-refractivity contribution in [2.24, 2.45) is 0 Å². The molecule has 0 radical (unpaired) electrons. The molecule has 1 aliphatic rings. The number of nitrogens with zero attached hydrogens (tertiary/aromatic N) is 1. The highest BCUT2D eigenvalue weighted by atomic mass is 16.5. The predicted molar refractivity (Wildman–Crippen MR) is 132 cm³/mol. The summed E-state index contributed by atoms with van der Waals surface area (Å²) in [4.78, 5) is 0. The van der Waals surface area contributed by atoms with Crippen LogP contribution in [0, 0.1) is 0 Å². The Morgan fingerprint density at radius 3 is 2.44 bits per heavy atom. The van der Waals surface area contributed by atoms with Crippen molar-refractivity contribution in [2.75, 3.05) is 14.2 Å². The van der Waals surface area contributed by atoms with Crippen molar-refractivity contribution in [3.05, 3.63) is 77.9 Å². The summed E-state index contributed by atoms with van der Waals surface area (Å²) in [6.45, 7) is 4.67. The quantitative estimate of drug-likeness (QED) is 0.298. The number of fused-ring (bicyclic) bond motifs is 9. The van der Waals surface area contributed by atoms with Gasteiger partial charge in [-0.3, -0.25) is 0 Å². The summed E-state index contributed by atoms with van der Waals surface area (Å²) >= 11 is 0. The molecule has 156 valence electrons. The van der Waals surface area contributed by atoms with Gasteiger partial charge >= 0.3 is 0 Å². The molecule has 0 amide bonds. The Balaban J connectivity index is 1.77. The standard InChI is InChI=1S/C29H23NO2/c1-29(2)22-8-6-5-7-20(22)28-26(29)25-24(32-4)12-11-19-21-14-16-9-10-18(31-3)13-17(16)15-23(21)30(28)27(19)25/h5-15H,1-4H3. The average molecular weight is 418 g/mol. The number of aromatic nitrogens is 1. The highest BCUT2D eigenvalue weighted by molar-refractivity contribution is 6.22. The van der Waals surface area contributed by atoms with E-state index in [9.17, 15) is 0 Å². The maximum Gasteiger partial charge on any atom is 0.128 e. The van der Waals surface area contributed by atoms with Crippen molar-refractivity contribution < 1.29 is 9.47 Å². The molecule has 0 atom stereocenters. The van der Waals surface area contributed by atoms with Crippen LogP contribution >= 0.6 is 0 Å². The van der Waals surface area contributed by atoms with Crippen LogP contribution in [-0.2, 0) is 5.41 Å². The monoisotopic (exact) mass is 417 g/mol. The van der Waals surface area contributed by atoms with Crippen LogP contribution in [0.25, 0.3) is 49.2 Å². The van der Waals surface area contributed by atoms with E-state index in [1.807, 2.05) is 6.07 Å². The Bertz CT molecular complexity index is 1720. The van der Waals surface area contributed by atoms with Crippen molar-refractivity contribution in [1.82, 2.24) is 4.40 Å². The summed E-state index contributed by atoms with van der Waals surface area (Å²) in [6.07, 6.45) is 0. The van der Waals surface area contributed by atoms with E-state index in [0.717, 1.165) is 11.5 Å². The van der Waals surface area contributed by atoms with Gasteiger partial charge in [0.15, 0.2) is 0 Å². The fraction of sp³-hybridized carbons (Fsp3) is 0.172. The Morgan fingerprint density at radius 1 is 0.781 bits per heavy atom. The van der Waals surface area contributed by atoms with E-state index >= 15 is 0 Å². The molecule has 3 nitrogen and oxygen atoms in total. The molecule has 0 saturated heterocycles. The minimum atomic E-state index is -0.0983. The van der Waals surface area contributed by atoms with Gasteiger partial charge in [-0.25, -0.2) is 0 Å². The maximum absolute atomic E-state index is 5.92. The van der Waals surface area contributed by atoms with E-state index in [-0.39, 0.29) is 5.41 Å². The number of rotatable bonds is 2. The number of benzene rings is 4. The lowest BCUT2D eigenvalue weighted by Crippen LogP contribution is -2.15. The fourth-order valence-corrected chi connectivity index (χ4v) is 6.04. The summed E-state index contributed by atoms with van der Waals surface area (Å²) in [7, 11) is 3.50. The van der Waals surface area contributed by atoms with E-state index in [0.29, 0.717) is 0 Å². The topological polar surface area (TPSA) is 22.9 Å². The SMILES string of the molecule is COc1ccc2cc3c4ccc(OC)c5c6c(n(c3cc2c1)c54)-c1ccccc1C6(C)C. The maximum atomic E-state index is 5.92. The Hall–Kier alpha value is -3.72. The van der Waals surface area contributed by atoms with Crippen LogP contribution in [0.3, 0.4) is 0 Å². The summed E-state index contributed by atoms with van der Waals surface area (Å²) in [5.74, 6) is 1.82. The molecule has 0 saturated carbocycles. The van der Waals surface area contributed by atoms with E-state index in [2.05, 4.69) is 78.9 Å². The van der Waals surface area contributed by atoms with Crippen LogP contribution in [0.4, 0.5) is 0 Å². The fourth-order valence-electron chi connectivity index (χ4n) is 6.04. The van der Waals surface area contributed by atoms with E-state index in [1.165, 1.54) is 60.3 Å². The highest BCUT2D eigenvalue weighted by Crippen LogP contribution is 2.56. The first-order valence-corrected chi connectivity index (χ1v) is 11.0. The molecule has 0 N–H and O–H groups in total. The molecule has 0 spiro atoms. The van der Waals surface area contributed by atoms with Crippen molar-refractivity contribution in [3.63, 3.8) is 0 Å². The molecule has 6 aromatic rings. The highest BCUT2D eigenvalue weighted by Gasteiger charge is 2.41. The molecular weight excluding hydrogens is 394 g/mol. The van der Waals surface area contributed by atoms with Crippen molar-refractivity contribution in [2.45, 2.75) is 19.3 Å². The molecule has 32 heavy (non-hydrogen) atoms. The van der Waals surface area contributed by atoms with Crippen LogP contribution in [0.5, 0.6) is 11.5 Å². The second kappa shape index (κ2) is 5.74. The third-order valence-electron chi connectivity index (χ3n) is 7.47. The number of hydrogen-bond donors (Lipinski definition) is 0. The van der Waals surface area contributed by atoms with Gasteiger partial charge in [0.2, 0.25) is 0 Å². The van der Waals surface area contributed by atoms with Gasteiger partial charge in [-0.05, 0) is 58.3 Å². The molecule has 2 aromatic heterocycles. The first-order valence-electron chi connectivity index (χ1n) is 11.0. The number of methoxy groups -OCH3 is 2. The lowest BCUT2D eigenvalue weighted by atomic mass is 9.81. The van der Waals surface area contributed by atoms with E-state index in [4.69, 9.17) is 9.47 Å². The third-order valence-corrected chi connectivity index (χ3v) is 7.47.